The lowest BCUT2D eigenvalue weighted by Gasteiger charge is -2.34. The van der Waals surface area contributed by atoms with Gasteiger partial charge >= 0.3 is 0 Å². The molecule has 1 unspecified atom stereocenters. The Kier molecular flexibility index (Phi) is 6.44. The van der Waals surface area contributed by atoms with Crippen LogP contribution >= 0.6 is 0 Å². The number of aromatic nitrogens is 3. The van der Waals surface area contributed by atoms with E-state index in [1.54, 1.807) is 12.0 Å². The summed E-state index contributed by atoms with van der Waals surface area (Å²) in [6, 6.07) is 9.96. The summed E-state index contributed by atoms with van der Waals surface area (Å²) < 4.78 is 41.3. The molecule has 0 radical (unpaired) electrons. The van der Waals surface area contributed by atoms with E-state index in [0.717, 1.165) is 77.3 Å². The minimum Gasteiger partial charge on any atom is -0.381 e. The monoisotopic (exact) mass is 522 g/mol. The first-order valence-electron chi connectivity index (χ1n) is 13.2. The van der Waals surface area contributed by atoms with Crippen LogP contribution in [-0.2, 0) is 4.74 Å². The van der Waals surface area contributed by atoms with Crippen molar-refractivity contribution in [1.29, 1.82) is 0 Å². The summed E-state index contributed by atoms with van der Waals surface area (Å²) >= 11 is 0. The molecule has 3 heterocycles. The summed E-state index contributed by atoms with van der Waals surface area (Å²) in [6.07, 6.45) is 4.39. The van der Waals surface area contributed by atoms with Crippen LogP contribution in [0.2, 0.25) is 0 Å². The molecule has 1 aliphatic carbocycles. The Morgan fingerprint density at radius 2 is 1.76 bits per heavy atom. The average molecular weight is 523 g/mol. The molecule has 2 fully saturated rings. The van der Waals surface area contributed by atoms with E-state index < -0.39 is 17.9 Å². The van der Waals surface area contributed by atoms with Crippen molar-refractivity contribution in [3.05, 3.63) is 65.3 Å². The number of fused-ring (bicyclic) bond motifs is 1. The number of methoxy groups -OCH3 is 1. The molecule has 1 N–H and O–H groups in total. The molecule has 2 atom stereocenters. The largest absolute Gasteiger partial charge is 0.381 e. The molecule has 1 saturated heterocycles. The van der Waals surface area contributed by atoms with E-state index in [1.807, 2.05) is 13.8 Å². The van der Waals surface area contributed by atoms with Crippen LogP contribution in [0.3, 0.4) is 0 Å². The van der Waals surface area contributed by atoms with E-state index in [0.29, 0.717) is 18.5 Å². The molecule has 0 bridgehead atoms. The van der Waals surface area contributed by atoms with Gasteiger partial charge in [-0.1, -0.05) is 11.2 Å². The number of hydrogen-bond acceptors (Lipinski definition) is 6. The van der Waals surface area contributed by atoms with Crippen LogP contribution in [0.1, 0.15) is 67.9 Å². The Morgan fingerprint density at radius 1 is 0.974 bits per heavy atom. The molecule has 1 saturated carbocycles. The molecular formula is C29H32F2N4O3. The third kappa shape index (κ3) is 4.18. The summed E-state index contributed by atoms with van der Waals surface area (Å²) in [5.41, 5.74) is 5.07. The first-order chi connectivity index (χ1) is 18.4. The molecule has 9 heteroatoms. The highest BCUT2D eigenvalue weighted by molar-refractivity contribution is 5.84. The molecule has 38 heavy (non-hydrogen) atoms. The minimum absolute atomic E-state index is 0.218. The van der Waals surface area contributed by atoms with Crippen molar-refractivity contribution in [3.8, 4) is 11.1 Å². The lowest BCUT2D eigenvalue weighted by atomic mass is 9.92. The maximum absolute atomic E-state index is 14.2. The van der Waals surface area contributed by atoms with Crippen molar-refractivity contribution < 1.29 is 23.1 Å². The molecule has 2 aliphatic rings. The van der Waals surface area contributed by atoms with Crippen LogP contribution in [0.5, 0.6) is 0 Å². The van der Waals surface area contributed by atoms with Crippen molar-refractivity contribution in [2.24, 2.45) is 0 Å². The van der Waals surface area contributed by atoms with Gasteiger partial charge in [-0.3, -0.25) is 0 Å². The molecule has 0 spiro atoms. The van der Waals surface area contributed by atoms with Gasteiger partial charge in [-0.15, -0.1) is 0 Å². The van der Waals surface area contributed by atoms with Crippen LogP contribution in [0.4, 0.5) is 14.5 Å². The Hall–Kier alpha value is -3.30. The van der Waals surface area contributed by atoms with E-state index in [4.69, 9.17) is 14.2 Å². The smallest absolute Gasteiger partial charge is 0.160 e. The number of hydrogen-bond donors (Lipinski definition) is 1. The van der Waals surface area contributed by atoms with E-state index in [-0.39, 0.29) is 18.2 Å². The first kappa shape index (κ1) is 25.0. The van der Waals surface area contributed by atoms with E-state index in [1.165, 1.54) is 6.07 Å². The number of rotatable bonds is 5. The van der Waals surface area contributed by atoms with Gasteiger partial charge in [0.2, 0.25) is 0 Å². The normalized spacial score (nSPS) is 24.0. The van der Waals surface area contributed by atoms with Crippen LogP contribution in [0.15, 0.2) is 40.9 Å². The molecule has 2 aromatic carbocycles. The molecule has 200 valence electrons. The third-order valence-electron chi connectivity index (χ3n) is 8.24. The second-order valence-corrected chi connectivity index (χ2v) is 10.5. The summed E-state index contributed by atoms with van der Waals surface area (Å²) in [5, 5.41) is 15.1. The van der Waals surface area contributed by atoms with Gasteiger partial charge < -0.3 is 23.8 Å². The summed E-state index contributed by atoms with van der Waals surface area (Å²) in [4.78, 5) is 6.92. The number of aliphatic hydroxyl groups excluding tert-OH is 1. The number of nitrogens with zero attached hydrogens (tertiary/aromatic N) is 4. The number of aryl methyl sites for hydroxylation is 2. The standard InChI is InChI=1S/C29H32F2N4O3/c1-16-28(17(2)38-33-16)18-4-11-25-24(14-18)32-29(35(25)19-5-8-21(37-3)9-6-19)26-12-13-27(36)34(26)20-7-10-22(30)23(31)15-20/h4,7,10-11,14-15,19,21,26-27,36H,5-6,8-9,12-13H2,1-3H3/t19?,21?,26-,27?/m0/s1. The van der Waals surface area contributed by atoms with Gasteiger partial charge in [0, 0.05) is 30.5 Å². The van der Waals surface area contributed by atoms with Gasteiger partial charge in [0.1, 0.15) is 17.8 Å². The van der Waals surface area contributed by atoms with Crippen LogP contribution in [0.25, 0.3) is 22.2 Å². The number of imidazole rings is 1. The summed E-state index contributed by atoms with van der Waals surface area (Å²) in [6.45, 7) is 3.82. The van der Waals surface area contributed by atoms with Gasteiger partial charge in [0.15, 0.2) is 11.6 Å². The van der Waals surface area contributed by atoms with Crippen molar-refractivity contribution >= 4 is 16.7 Å². The number of ether oxygens (including phenoxy) is 1. The molecule has 4 aromatic rings. The molecule has 1 aliphatic heterocycles. The predicted octanol–water partition coefficient (Wildman–Crippen LogP) is 6.38. The second kappa shape index (κ2) is 9.78. The highest BCUT2D eigenvalue weighted by atomic mass is 19.2. The van der Waals surface area contributed by atoms with Crippen molar-refractivity contribution in [1.82, 2.24) is 14.7 Å². The molecular weight excluding hydrogens is 490 g/mol. The molecule has 2 aromatic heterocycles. The van der Waals surface area contributed by atoms with E-state index in [2.05, 4.69) is 27.9 Å². The Bertz CT molecular complexity index is 1450. The average Bonchev–Trinajstić information content (AvgIpc) is 3.59. The minimum atomic E-state index is -0.934. The molecule has 6 rings (SSSR count). The van der Waals surface area contributed by atoms with Crippen LogP contribution < -0.4 is 4.90 Å². The van der Waals surface area contributed by atoms with Crippen molar-refractivity contribution in [3.63, 3.8) is 0 Å². The zero-order valence-corrected chi connectivity index (χ0v) is 21.8. The summed E-state index contributed by atoms with van der Waals surface area (Å²) in [7, 11) is 1.76. The number of halogens is 2. The number of anilines is 1. The fourth-order valence-electron chi connectivity index (χ4n) is 6.37. The lowest BCUT2D eigenvalue weighted by Crippen LogP contribution is -2.33. The Morgan fingerprint density at radius 3 is 2.45 bits per heavy atom. The zero-order valence-electron chi connectivity index (χ0n) is 21.8. The van der Waals surface area contributed by atoms with Crippen molar-refractivity contribution in [2.45, 2.75) is 76.8 Å². The summed E-state index contributed by atoms with van der Waals surface area (Å²) in [5.74, 6) is -0.260. The van der Waals surface area contributed by atoms with Gasteiger partial charge in [-0.05, 0) is 82.2 Å². The second-order valence-electron chi connectivity index (χ2n) is 10.5. The molecule has 0 amide bonds. The van der Waals surface area contributed by atoms with Gasteiger partial charge in [-0.25, -0.2) is 13.8 Å². The Labute approximate surface area is 220 Å². The highest BCUT2D eigenvalue weighted by Gasteiger charge is 2.38. The third-order valence-corrected chi connectivity index (χ3v) is 8.24. The first-order valence-corrected chi connectivity index (χ1v) is 13.2. The van der Waals surface area contributed by atoms with Gasteiger partial charge in [-0.2, -0.15) is 0 Å². The topological polar surface area (TPSA) is 76.6 Å². The number of benzene rings is 2. The van der Waals surface area contributed by atoms with Gasteiger partial charge in [0.25, 0.3) is 0 Å². The maximum Gasteiger partial charge on any atom is 0.160 e. The van der Waals surface area contributed by atoms with Crippen LogP contribution in [-0.4, -0.2) is 39.3 Å². The van der Waals surface area contributed by atoms with E-state index in [9.17, 15) is 13.9 Å². The quantitative estimate of drug-likeness (QED) is 0.328. The SMILES string of the molecule is COC1CCC(n2c([C@@H]3CCC(O)N3c3ccc(F)c(F)c3)nc3cc(-c4c(C)noc4C)ccc32)CC1. The van der Waals surface area contributed by atoms with Crippen LogP contribution in [0, 0.1) is 25.5 Å². The van der Waals surface area contributed by atoms with Gasteiger partial charge in [0.05, 0.1) is 28.9 Å². The maximum atomic E-state index is 14.2. The highest BCUT2D eigenvalue weighted by Crippen LogP contribution is 2.43. The lowest BCUT2D eigenvalue weighted by molar-refractivity contribution is 0.0584. The molecule has 7 nitrogen and oxygen atoms in total. The van der Waals surface area contributed by atoms with Crippen molar-refractivity contribution in [2.75, 3.05) is 12.0 Å². The number of aliphatic hydroxyl groups is 1. The zero-order chi connectivity index (χ0) is 26.6. The predicted molar refractivity (Wildman–Crippen MR) is 140 cm³/mol. The fourth-order valence-corrected chi connectivity index (χ4v) is 6.37. The van der Waals surface area contributed by atoms with E-state index >= 15 is 0 Å². The fraction of sp³-hybridized carbons (Fsp3) is 0.448. The Balaban J connectivity index is 1.48.